The molecule has 2 amide bonds. The molecule has 1 fully saturated rings. The van der Waals surface area contributed by atoms with Gasteiger partial charge in [0.1, 0.15) is 6.04 Å². The van der Waals surface area contributed by atoms with Gasteiger partial charge in [-0.25, -0.2) is 0 Å². The molecule has 0 saturated heterocycles. The number of nitrogens with one attached hydrogen (secondary N) is 2. The van der Waals surface area contributed by atoms with Crippen LogP contribution < -0.4 is 10.6 Å². The Kier molecular flexibility index (Phi) is 5.47. The molecule has 1 aliphatic carbocycles. The zero-order valence-corrected chi connectivity index (χ0v) is 12.4. The molecular weight excluding hydrogens is 272 g/mol. The summed E-state index contributed by atoms with van der Waals surface area (Å²) >= 11 is 1.64. The lowest BCUT2D eigenvalue weighted by molar-refractivity contribution is -0.127. The summed E-state index contributed by atoms with van der Waals surface area (Å²) in [4.78, 5) is 23.8. The van der Waals surface area contributed by atoms with Crippen molar-refractivity contribution in [1.29, 1.82) is 0 Å². The zero-order chi connectivity index (χ0) is 14.4. The van der Waals surface area contributed by atoms with Crippen LogP contribution in [-0.4, -0.2) is 30.4 Å². The van der Waals surface area contributed by atoms with Crippen molar-refractivity contribution in [3.8, 4) is 0 Å². The molecule has 1 aromatic carbocycles. The maximum absolute atomic E-state index is 11.9. The van der Waals surface area contributed by atoms with E-state index in [1.807, 2.05) is 30.3 Å². The zero-order valence-electron chi connectivity index (χ0n) is 11.6. The van der Waals surface area contributed by atoms with Crippen LogP contribution in [0.25, 0.3) is 0 Å². The van der Waals surface area contributed by atoms with Gasteiger partial charge >= 0.3 is 0 Å². The number of hydrogen-bond donors (Lipinski definition) is 2. The van der Waals surface area contributed by atoms with E-state index in [1.165, 1.54) is 12.8 Å². The molecule has 0 bridgehead atoms. The number of carbonyl (C=O) groups excluding carboxylic acids is 2. The first-order valence-corrected chi connectivity index (χ1v) is 8.00. The van der Waals surface area contributed by atoms with Gasteiger partial charge in [-0.1, -0.05) is 30.3 Å². The van der Waals surface area contributed by atoms with Crippen LogP contribution in [-0.2, 0) is 9.59 Å². The molecular formula is C15H20N2O2S. The maximum Gasteiger partial charge on any atom is 0.246 e. The smallest absolute Gasteiger partial charge is 0.246 e. The van der Waals surface area contributed by atoms with Gasteiger partial charge in [-0.15, -0.1) is 0 Å². The van der Waals surface area contributed by atoms with Crippen LogP contribution in [0.3, 0.4) is 0 Å². The molecule has 1 aromatic rings. The molecule has 0 heterocycles. The standard InChI is InChI=1S/C15H20N2O2S/c1-16-15(19)14(12-5-3-2-4-6-12)17-13(18)10-20-9-11-7-8-11/h2-6,11,14H,7-10H2,1H3,(H,16,19)(H,17,18). The maximum atomic E-state index is 11.9. The van der Waals surface area contributed by atoms with Gasteiger partial charge in [0.25, 0.3) is 0 Å². The van der Waals surface area contributed by atoms with E-state index in [0.29, 0.717) is 5.75 Å². The fourth-order valence-corrected chi connectivity index (χ4v) is 2.95. The first kappa shape index (κ1) is 14.9. The SMILES string of the molecule is CNC(=O)C(NC(=O)CSCC1CC1)c1ccccc1. The van der Waals surface area contributed by atoms with Crippen molar-refractivity contribution in [1.82, 2.24) is 10.6 Å². The highest BCUT2D eigenvalue weighted by atomic mass is 32.2. The Morgan fingerprint density at radius 3 is 2.60 bits per heavy atom. The number of benzene rings is 1. The highest BCUT2D eigenvalue weighted by molar-refractivity contribution is 7.99. The molecule has 0 spiro atoms. The largest absolute Gasteiger partial charge is 0.357 e. The van der Waals surface area contributed by atoms with Crippen molar-refractivity contribution in [2.24, 2.45) is 5.92 Å². The van der Waals surface area contributed by atoms with Gasteiger partial charge < -0.3 is 10.6 Å². The third-order valence-electron chi connectivity index (χ3n) is 3.23. The number of likely N-dealkylation sites (N-methyl/N-ethyl adjacent to an activating group) is 1. The van der Waals surface area contributed by atoms with Crippen LogP contribution in [0.2, 0.25) is 0 Å². The summed E-state index contributed by atoms with van der Waals surface area (Å²) in [6.07, 6.45) is 2.58. The first-order chi connectivity index (χ1) is 9.70. The van der Waals surface area contributed by atoms with Crippen molar-refractivity contribution >= 4 is 23.6 Å². The van der Waals surface area contributed by atoms with Crippen molar-refractivity contribution in [2.75, 3.05) is 18.6 Å². The summed E-state index contributed by atoms with van der Waals surface area (Å²) in [5.74, 6) is 1.97. The van der Waals surface area contributed by atoms with E-state index in [9.17, 15) is 9.59 Å². The molecule has 2 N–H and O–H groups in total. The Hall–Kier alpha value is -1.49. The van der Waals surface area contributed by atoms with Crippen LogP contribution in [0.1, 0.15) is 24.4 Å². The highest BCUT2D eigenvalue weighted by Gasteiger charge is 2.23. The summed E-state index contributed by atoms with van der Waals surface area (Å²) < 4.78 is 0. The molecule has 4 nitrogen and oxygen atoms in total. The molecule has 0 aromatic heterocycles. The van der Waals surface area contributed by atoms with Crippen molar-refractivity contribution in [3.63, 3.8) is 0 Å². The van der Waals surface area contributed by atoms with Crippen molar-refractivity contribution < 1.29 is 9.59 Å². The summed E-state index contributed by atoms with van der Waals surface area (Å²) in [6, 6.07) is 8.68. The predicted octanol–water partition coefficient (Wildman–Crippen LogP) is 1.73. The fraction of sp³-hybridized carbons (Fsp3) is 0.467. The van der Waals surface area contributed by atoms with Gasteiger partial charge in [0, 0.05) is 7.05 Å². The van der Waals surface area contributed by atoms with E-state index < -0.39 is 6.04 Å². The predicted molar refractivity (Wildman–Crippen MR) is 81.4 cm³/mol. The van der Waals surface area contributed by atoms with Crippen LogP contribution in [0, 0.1) is 5.92 Å². The minimum Gasteiger partial charge on any atom is -0.357 e. The average molecular weight is 292 g/mol. The fourth-order valence-electron chi connectivity index (χ4n) is 1.90. The Morgan fingerprint density at radius 1 is 1.30 bits per heavy atom. The number of amides is 2. The molecule has 5 heteroatoms. The third-order valence-corrected chi connectivity index (χ3v) is 4.40. The van der Waals surface area contributed by atoms with E-state index in [4.69, 9.17) is 0 Å². The lowest BCUT2D eigenvalue weighted by atomic mass is 10.1. The Bertz CT molecular complexity index is 460. The summed E-state index contributed by atoms with van der Waals surface area (Å²) in [7, 11) is 1.58. The van der Waals surface area contributed by atoms with E-state index in [-0.39, 0.29) is 11.8 Å². The van der Waals surface area contributed by atoms with Gasteiger partial charge in [0.2, 0.25) is 11.8 Å². The summed E-state index contributed by atoms with van der Waals surface area (Å²) in [5, 5.41) is 5.40. The van der Waals surface area contributed by atoms with E-state index >= 15 is 0 Å². The monoisotopic (exact) mass is 292 g/mol. The molecule has 1 saturated carbocycles. The van der Waals surface area contributed by atoms with Gasteiger partial charge in [0.15, 0.2) is 0 Å². The summed E-state index contributed by atoms with van der Waals surface area (Å²) in [5.41, 5.74) is 0.799. The molecule has 1 atom stereocenters. The first-order valence-electron chi connectivity index (χ1n) is 6.84. The van der Waals surface area contributed by atoms with E-state index in [0.717, 1.165) is 17.2 Å². The minimum atomic E-state index is -0.616. The van der Waals surface area contributed by atoms with Gasteiger partial charge in [-0.3, -0.25) is 9.59 Å². The van der Waals surface area contributed by atoms with E-state index in [1.54, 1.807) is 18.8 Å². The van der Waals surface area contributed by atoms with Crippen LogP contribution >= 0.6 is 11.8 Å². The van der Waals surface area contributed by atoms with Gasteiger partial charge in [-0.05, 0) is 30.1 Å². The second kappa shape index (κ2) is 7.33. The number of thioether (sulfide) groups is 1. The quantitative estimate of drug-likeness (QED) is 0.805. The number of rotatable bonds is 7. The average Bonchev–Trinajstić information content (AvgIpc) is 3.29. The second-order valence-corrected chi connectivity index (χ2v) is 6.01. The van der Waals surface area contributed by atoms with Crippen LogP contribution in [0.5, 0.6) is 0 Å². The number of carbonyl (C=O) groups is 2. The molecule has 0 aliphatic heterocycles. The normalized spacial score (nSPS) is 15.4. The van der Waals surface area contributed by atoms with Gasteiger partial charge in [0.05, 0.1) is 5.75 Å². The molecule has 2 rings (SSSR count). The molecule has 20 heavy (non-hydrogen) atoms. The number of hydrogen-bond acceptors (Lipinski definition) is 3. The minimum absolute atomic E-state index is 0.0897. The van der Waals surface area contributed by atoms with Crippen molar-refractivity contribution in [2.45, 2.75) is 18.9 Å². The molecule has 1 aliphatic rings. The lowest BCUT2D eigenvalue weighted by Crippen LogP contribution is -2.39. The van der Waals surface area contributed by atoms with Crippen LogP contribution in [0.15, 0.2) is 30.3 Å². The summed E-state index contributed by atoms with van der Waals surface area (Å²) in [6.45, 7) is 0. The molecule has 0 radical (unpaired) electrons. The van der Waals surface area contributed by atoms with Crippen molar-refractivity contribution in [3.05, 3.63) is 35.9 Å². The Balaban J connectivity index is 1.89. The topological polar surface area (TPSA) is 58.2 Å². The Labute approximate surface area is 123 Å². The molecule has 1 unspecified atom stereocenters. The second-order valence-electron chi connectivity index (χ2n) is 4.98. The molecule has 108 valence electrons. The lowest BCUT2D eigenvalue weighted by Gasteiger charge is -2.17. The van der Waals surface area contributed by atoms with Gasteiger partial charge in [-0.2, -0.15) is 11.8 Å². The highest BCUT2D eigenvalue weighted by Crippen LogP contribution is 2.32. The van der Waals surface area contributed by atoms with E-state index in [2.05, 4.69) is 10.6 Å². The third kappa shape index (κ3) is 4.56. The Morgan fingerprint density at radius 2 is 2.00 bits per heavy atom. The van der Waals surface area contributed by atoms with Crippen LogP contribution in [0.4, 0.5) is 0 Å².